The summed E-state index contributed by atoms with van der Waals surface area (Å²) < 4.78 is 24.4. The van der Waals surface area contributed by atoms with Gasteiger partial charge in [0.2, 0.25) is 5.69 Å². The van der Waals surface area contributed by atoms with Crippen LogP contribution in [0, 0.1) is 0 Å². The number of anilines is 1. The van der Waals surface area contributed by atoms with E-state index in [1.807, 2.05) is 27.6 Å². The molecule has 1 saturated heterocycles. The summed E-state index contributed by atoms with van der Waals surface area (Å²) in [6.45, 7) is 1.90. The average Bonchev–Trinajstić information content (AvgIpc) is 3.65. The van der Waals surface area contributed by atoms with Gasteiger partial charge in [-0.1, -0.05) is 0 Å². The van der Waals surface area contributed by atoms with E-state index in [1.165, 1.54) is 12.8 Å². The quantitative estimate of drug-likeness (QED) is 0.229. The zero-order valence-corrected chi connectivity index (χ0v) is 22.3. The largest absolute Gasteiger partial charge is 0.371 e. The molecule has 2 aliphatic carbocycles. The van der Waals surface area contributed by atoms with Gasteiger partial charge >= 0.3 is 0 Å². The molecule has 0 bridgehead atoms. The summed E-state index contributed by atoms with van der Waals surface area (Å²) in [4.78, 5) is 12.2. The molecule has 178 valence electrons. The Morgan fingerprint density at radius 3 is 2.73 bits per heavy atom. The number of hydrogen-bond acceptors (Lipinski definition) is 6. The maximum atomic E-state index is 14.7. The minimum absolute atomic E-state index is 0. The highest BCUT2D eigenvalue weighted by Gasteiger charge is 2.44. The smallest absolute Gasteiger partial charge is 0.210 e. The molecule has 33 heavy (non-hydrogen) atoms. The van der Waals surface area contributed by atoms with Crippen molar-refractivity contribution in [2.45, 2.75) is 50.1 Å². The first-order valence-electron chi connectivity index (χ1n) is 10.8. The Hall–Kier alpha value is -1.05. The molecule has 6 rings (SSSR count). The summed E-state index contributed by atoms with van der Waals surface area (Å²) in [5.41, 5.74) is 3.74. The molecule has 3 aromatic rings. The monoisotopic (exact) mass is 606 g/mol. The Balaban J connectivity index is 0.00000228. The van der Waals surface area contributed by atoms with Crippen LogP contribution in [-0.4, -0.2) is 62.4 Å². The molecule has 3 aliphatic rings. The van der Waals surface area contributed by atoms with E-state index in [-0.39, 0.29) is 26.1 Å². The van der Waals surface area contributed by atoms with Crippen molar-refractivity contribution >= 4 is 64.3 Å². The SMILES string of the molecule is CO[NH2+]c1cn(PI)nc1-c1cc2c(cn1)c(N1CC(OC3CC3)C1)nn2CC1(F)CC1.S. The predicted molar refractivity (Wildman–Crippen MR) is 139 cm³/mol. The molecular formula is C20H27FIN7O2PS+. The van der Waals surface area contributed by atoms with Crippen LogP contribution in [0.5, 0.6) is 0 Å². The first kappa shape index (κ1) is 23.7. The Kier molecular flexibility index (Phi) is 6.60. The lowest BCUT2D eigenvalue weighted by Crippen LogP contribution is -2.76. The summed E-state index contributed by atoms with van der Waals surface area (Å²) in [5.74, 6) is 0.863. The molecule has 1 aliphatic heterocycles. The van der Waals surface area contributed by atoms with Crippen LogP contribution in [0.1, 0.15) is 25.7 Å². The highest BCUT2D eigenvalue weighted by Crippen LogP contribution is 2.43. The lowest BCUT2D eigenvalue weighted by molar-refractivity contribution is -0.829. The number of rotatable bonds is 9. The zero-order chi connectivity index (χ0) is 21.9. The van der Waals surface area contributed by atoms with Gasteiger partial charge in [-0.15, -0.1) is 0 Å². The van der Waals surface area contributed by atoms with Crippen LogP contribution < -0.4 is 10.4 Å². The van der Waals surface area contributed by atoms with Crippen LogP contribution in [0.2, 0.25) is 0 Å². The van der Waals surface area contributed by atoms with Crippen molar-refractivity contribution in [3.63, 3.8) is 0 Å². The molecule has 4 heterocycles. The summed E-state index contributed by atoms with van der Waals surface area (Å²) >= 11 is 2.29. The summed E-state index contributed by atoms with van der Waals surface area (Å²) in [6.07, 6.45) is 8.51. The van der Waals surface area contributed by atoms with Crippen LogP contribution in [0.15, 0.2) is 18.5 Å². The fourth-order valence-electron chi connectivity index (χ4n) is 4.11. The second kappa shape index (κ2) is 9.19. The lowest BCUT2D eigenvalue weighted by atomic mass is 10.1. The Labute approximate surface area is 212 Å². The number of pyridine rings is 1. The van der Waals surface area contributed by atoms with Crippen molar-refractivity contribution < 1.29 is 19.4 Å². The second-order valence-electron chi connectivity index (χ2n) is 8.90. The molecule has 0 spiro atoms. The topological polar surface area (TPSA) is 86.8 Å². The van der Waals surface area contributed by atoms with E-state index in [1.54, 1.807) is 12.6 Å². The molecule has 3 aromatic heterocycles. The second-order valence-corrected chi connectivity index (χ2v) is 11.0. The van der Waals surface area contributed by atoms with Crippen LogP contribution in [-0.2, 0) is 16.1 Å². The lowest BCUT2D eigenvalue weighted by Gasteiger charge is -2.39. The minimum Gasteiger partial charge on any atom is -0.371 e. The van der Waals surface area contributed by atoms with Gasteiger partial charge in [-0.25, -0.2) is 13.7 Å². The molecule has 1 atom stereocenters. The van der Waals surface area contributed by atoms with Gasteiger partial charge in [0.25, 0.3) is 0 Å². The normalized spacial score (nSPS) is 19.9. The van der Waals surface area contributed by atoms with Crippen LogP contribution in [0.4, 0.5) is 15.9 Å². The van der Waals surface area contributed by atoms with Crippen LogP contribution >= 0.6 is 41.9 Å². The van der Waals surface area contributed by atoms with Gasteiger partial charge in [-0.05, 0) is 53.8 Å². The third-order valence-electron chi connectivity index (χ3n) is 6.22. The highest BCUT2D eigenvalue weighted by molar-refractivity contribution is 14.2. The van der Waals surface area contributed by atoms with Crippen molar-refractivity contribution in [3.8, 4) is 11.4 Å². The van der Waals surface area contributed by atoms with Gasteiger partial charge in [-0.3, -0.25) is 9.67 Å². The van der Waals surface area contributed by atoms with Crippen LogP contribution in [0.3, 0.4) is 0 Å². The Morgan fingerprint density at radius 2 is 2.06 bits per heavy atom. The molecule has 0 aromatic carbocycles. The standard InChI is InChI=1S/C20H24FIN7O2P.H2S/c1-30-26-16-10-29(32-22)24-18(16)15-6-17-14(7-23-15)19(25-28(17)11-20(21)4-5-20)27-8-13(9-27)31-12-2-3-12;/h6-7,10,12-13,26,32H,2-5,8-9,11H2,1H3;1H2/p+1. The molecule has 2 N–H and O–H groups in total. The number of ether oxygens (including phenoxy) is 1. The maximum absolute atomic E-state index is 14.7. The molecule has 1 unspecified atom stereocenters. The van der Waals surface area contributed by atoms with Gasteiger partial charge in [0.05, 0.1) is 55.0 Å². The first-order chi connectivity index (χ1) is 15.5. The van der Waals surface area contributed by atoms with Gasteiger partial charge < -0.3 is 9.64 Å². The Bertz CT molecular complexity index is 1160. The van der Waals surface area contributed by atoms with E-state index in [9.17, 15) is 4.39 Å². The molecule has 0 amide bonds. The van der Waals surface area contributed by atoms with E-state index >= 15 is 0 Å². The zero-order valence-electron chi connectivity index (χ0n) is 18.2. The molecule has 0 radical (unpaired) electrons. The van der Waals surface area contributed by atoms with Crippen molar-refractivity contribution in [1.29, 1.82) is 0 Å². The fraction of sp³-hybridized carbons (Fsp3) is 0.550. The average molecular weight is 606 g/mol. The molecule has 13 heteroatoms. The summed E-state index contributed by atoms with van der Waals surface area (Å²) in [6, 6.07) is 1.98. The highest BCUT2D eigenvalue weighted by atomic mass is 127. The number of alkyl halides is 1. The van der Waals surface area contributed by atoms with Gasteiger partial charge in [0, 0.05) is 19.3 Å². The number of aromatic nitrogens is 5. The molecule has 2 saturated carbocycles. The minimum atomic E-state index is -1.15. The molecular weight excluding hydrogens is 579 g/mol. The maximum Gasteiger partial charge on any atom is 0.210 e. The van der Waals surface area contributed by atoms with Crippen molar-refractivity contribution in [1.82, 2.24) is 24.3 Å². The van der Waals surface area contributed by atoms with E-state index in [0.29, 0.717) is 25.3 Å². The van der Waals surface area contributed by atoms with Gasteiger partial charge in [0.15, 0.2) is 11.5 Å². The van der Waals surface area contributed by atoms with E-state index < -0.39 is 5.67 Å². The number of quaternary nitrogens is 1. The van der Waals surface area contributed by atoms with Crippen molar-refractivity contribution in [3.05, 3.63) is 18.5 Å². The number of halogens is 2. The number of fused-ring (bicyclic) bond motifs is 1. The summed E-state index contributed by atoms with van der Waals surface area (Å²) in [7, 11) is 1.62. The molecule has 3 fully saturated rings. The molecule has 9 nitrogen and oxygen atoms in total. The number of nitrogens with zero attached hydrogens (tertiary/aromatic N) is 6. The fourth-order valence-corrected chi connectivity index (χ4v) is 5.18. The van der Waals surface area contributed by atoms with Crippen LogP contribution in [0.25, 0.3) is 22.3 Å². The number of nitrogens with two attached hydrogens (primary N) is 1. The van der Waals surface area contributed by atoms with E-state index in [2.05, 4.69) is 32.0 Å². The Morgan fingerprint density at radius 1 is 1.27 bits per heavy atom. The summed E-state index contributed by atoms with van der Waals surface area (Å²) in [5, 5.41) is 10.4. The first-order valence-corrected chi connectivity index (χ1v) is 14.9. The number of hydrogen-bond donors (Lipinski definition) is 1. The van der Waals surface area contributed by atoms with Crippen molar-refractivity contribution in [2.75, 3.05) is 25.1 Å². The van der Waals surface area contributed by atoms with E-state index in [0.717, 1.165) is 46.9 Å². The third kappa shape index (κ3) is 4.74. The van der Waals surface area contributed by atoms with E-state index in [4.69, 9.17) is 19.7 Å². The predicted octanol–water partition coefficient (Wildman–Crippen LogP) is 2.83. The van der Waals surface area contributed by atoms with Gasteiger partial charge in [0.1, 0.15) is 5.67 Å². The van der Waals surface area contributed by atoms with Gasteiger partial charge in [-0.2, -0.15) is 29.2 Å². The third-order valence-corrected chi connectivity index (χ3v) is 8.10. The van der Waals surface area contributed by atoms with Crippen molar-refractivity contribution in [2.24, 2.45) is 0 Å².